The van der Waals surface area contributed by atoms with Gasteiger partial charge in [0.05, 0.1) is 0 Å². The van der Waals surface area contributed by atoms with E-state index in [-0.39, 0.29) is 0 Å². The van der Waals surface area contributed by atoms with E-state index in [1.54, 1.807) is 0 Å². The maximum atomic E-state index is 4.94. The van der Waals surface area contributed by atoms with Crippen LogP contribution >= 0.6 is 24.2 Å². The van der Waals surface area contributed by atoms with Crippen LogP contribution in [0.5, 0.6) is 0 Å². The molecule has 0 aromatic carbocycles. The summed E-state index contributed by atoms with van der Waals surface area (Å²) < 4.78 is 0.315. The summed E-state index contributed by atoms with van der Waals surface area (Å²) >= 11 is 4.12. The Morgan fingerprint density at radius 2 is 2.33 bits per heavy atom. The molecule has 0 aliphatic heterocycles. The fourth-order valence-corrected chi connectivity index (χ4v) is 0.0913. The highest BCUT2D eigenvalue weighted by Gasteiger charge is 1.75. The molecule has 0 saturated heterocycles. The number of hydrogen-bond acceptors (Lipinski definition) is 3. The van der Waals surface area contributed by atoms with Crippen LogP contribution in [0.1, 0.15) is 0 Å². The van der Waals surface area contributed by atoms with Gasteiger partial charge in [0.1, 0.15) is 0 Å². The smallest absolute Gasteiger partial charge is 0.163 e. The Hall–Kier alpha value is 0.450. The lowest BCUT2D eigenvalue weighted by Gasteiger charge is -1.86. The number of rotatable bonds is 0. The van der Waals surface area contributed by atoms with Crippen molar-refractivity contribution in [3.8, 4) is 0 Å². The number of nitrogens with two attached hydrogens (primary N) is 2. The second-order valence-corrected chi connectivity index (χ2v) is 1.95. The lowest BCUT2D eigenvalue weighted by molar-refractivity contribution is 0.340. The van der Waals surface area contributed by atoms with Crippen LogP contribution in [-0.2, 0) is 4.84 Å². The van der Waals surface area contributed by atoms with Gasteiger partial charge in [-0.15, -0.1) is 12.6 Å². The Balaban J connectivity index is 3.22. The first-order valence-corrected chi connectivity index (χ1v) is 2.56. The molecule has 0 radical (unpaired) electrons. The van der Waals surface area contributed by atoms with E-state index in [1.165, 1.54) is 0 Å². The van der Waals surface area contributed by atoms with Gasteiger partial charge in [0.15, 0.2) is 4.38 Å². The van der Waals surface area contributed by atoms with Gasteiger partial charge in [-0.1, -0.05) is 11.5 Å². The highest BCUT2D eigenvalue weighted by atomic mass is 32.2. The molecule has 4 N–H and O–H groups in total. The Morgan fingerprint density at radius 1 is 1.83 bits per heavy atom. The molecule has 0 aliphatic rings. The summed E-state index contributed by atoms with van der Waals surface area (Å²) in [6.45, 7) is 0. The molecule has 38 valence electrons. The van der Waals surface area contributed by atoms with Crippen LogP contribution in [0.25, 0.3) is 0 Å². The predicted octanol–water partition coefficient (Wildman–Crippen LogP) is -0.767. The van der Waals surface area contributed by atoms with E-state index in [2.05, 4.69) is 23.4 Å². The van der Waals surface area contributed by atoms with Crippen molar-refractivity contribution < 1.29 is 4.84 Å². The normalized spacial score (nSPS) is 13.5. The summed E-state index contributed by atoms with van der Waals surface area (Å²) in [5.41, 5.74) is 0. The van der Waals surface area contributed by atoms with Crippen molar-refractivity contribution in [2.24, 2.45) is 11.0 Å². The van der Waals surface area contributed by atoms with Crippen molar-refractivity contribution in [3.63, 3.8) is 0 Å². The van der Waals surface area contributed by atoms with Gasteiger partial charge in [0.2, 0.25) is 0 Å². The Kier molecular flexibility index (Phi) is 3.91. The van der Waals surface area contributed by atoms with E-state index in [9.17, 15) is 0 Å². The predicted molar refractivity (Wildman–Crippen MR) is 32.4 cm³/mol. The molecule has 0 fully saturated rings. The van der Waals surface area contributed by atoms with Gasteiger partial charge >= 0.3 is 0 Å². The summed E-state index contributed by atoms with van der Waals surface area (Å²) in [6, 6.07) is 0. The third kappa shape index (κ3) is 2.67. The molecule has 0 bridgehead atoms. The van der Waals surface area contributed by atoms with Crippen molar-refractivity contribution >= 4 is 28.5 Å². The van der Waals surface area contributed by atoms with Crippen molar-refractivity contribution in [2.75, 3.05) is 0 Å². The summed E-state index contributed by atoms with van der Waals surface area (Å²) in [5.74, 6) is 4.58. The minimum atomic E-state index is 0.315. The molecule has 6 heavy (non-hydrogen) atoms. The van der Waals surface area contributed by atoms with Gasteiger partial charge in [-0.05, 0) is 0 Å². The van der Waals surface area contributed by atoms with Crippen LogP contribution in [0.4, 0.5) is 0 Å². The lowest BCUT2D eigenvalue weighted by Crippen LogP contribution is -2.01. The Morgan fingerprint density at radius 3 is 2.33 bits per heavy atom. The van der Waals surface area contributed by atoms with Crippen molar-refractivity contribution in [2.45, 2.75) is 0 Å². The largest absolute Gasteiger partial charge is 0.283 e. The fourth-order valence-electron chi connectivity index (χ4n) is 0.0304. The zero-order chi connectivity index (χ0) is 4.99. The molecular weight excluding hydrogens is 120 g/mol. The molecule has 0 saturated carbocycles. The van der Waals surface area contributed by atoms with Gasteiger partial charge in [-0.25, -0.2) is 5.90 Å². The quantitative estimate of drug-likeness (QED) is 0.196. The van der Waals surface area contributed by atoms with Crippen LogP contribution < -0.4 is 11.0 Å². The molecule has 0 aliphatic carbocycles. The van der Waals surface area contributed by atoms with Gasteiger partial charge in [-0.2, -0.15) is 0 Å². The molecule has 0 spiro atoms. The van der Waals surface area contributed by atoms with E-state index in [1.807, 2.05) is 0 Å². The van der Waals surface area contributed by atoms with Crippen molar-refractivity contribution in [1.29, 1.82) is 0 Å². The summed E-state index contributed by atoms with van der Waals surface area (Å²) in [4.78, 5) is 4.04. The van der Waals surface area contributed by atoms with Crippen LogP contribution in [0, 0.1) is 0 Å². The highest BCUT2D eigenvalue weighted by Crippen LogP contribution is 1.83. The van der Waals surface area contributed by atoms with Gasteiger partial charge in [-0.3, -0.25) is 9.98 Å². The highest BCUT2D eigenvalue weighted by molar-refractivity contribution is 8.16. The Labute approximate surface area is 45.1 Å². The van der Waals surface area contributed by atoms with Gasteiger partial charge in [0.25, 0.3) is 0 Å². The molecule has 0 heterocycles. The monoisotopic (exact) mass is 126 g/mol. The minimum Gasteiger partial charge on any atom is -0.283 e. The molecule has 3 nitrogen and oxygen atoms in total. The lowest BCUT2D eigenvalue weighted by atomic mass is 11.7. The maximum Gasteiger partial charge on any atom is 0.163 e. The standard InChI is InChI=1S/CH6N2OS2/c2-4-1(5)6-3/h5-6H,2-3H2. The van der Waals surface area contributed by atoms with E-state index in [4.69, 9.17) is 5.14 Å². The van der Waals surface area contributed by atoms with Gasteiger partial charge < -0.3 is 0 Å². The summed E-state index contributed by atoms with van der Waals surface area (Å²) in [5, 5.41) is 4.94. The topological polar surface area (TPSA) is 61.3 Å². The molecule has 0 aromatic heterocycles. The Bertz CT molecular complexity index is 62.6. The molecular formula is CH6N2OS2. The van der Waals surface area contributed by atoms with E-state index in [0.717, 1.165) is 0 Å². The number of hydrogen-bond donors (Lipinski definition) is 4. The average molecular weight is 126 g/mol. The second kappa shape index (κ2) is 3.63. The van der Waals surface area contributed by atoms with Crippen LogP contribution in [0.3, 0.4) is 0 Å². The van der Waals surface area contributed by atoms with Crippen molar-refractivity contribution in [3.05, 3.63) is 0 Å². The molecule has 0 unspecified atom stereocenters. The second-order valence-electron chi connectivity index (χ2n) is 0.530. The van der Waals surface area contributed by atoms with E-state index in [0.29, 0.717) is 15.9 Å². The first-order valence-electron chi connectivity index (χ1n) is 1.15. The molecule has 5 heteroatoms. The average Bonchev–Trinajstić information content (AvgIpc) is 1.65. The molecule has 0 atom stereocenters. The molecule has 0 aromatic rings. The van der Waals surface area contributed by atoms with Gasteiger partial charge in [0, 0.05) is 0 Å². The SMILES string of the molecule is NOC(S)=[SH]N. The van der Waals surface area contributed by atoms with Crippen LogP contribution in [-0.4, -0.2) is 4.38 Å². The third-order valence-electron chi connectivity index (χ3n) is 0.216. The number of thiol groups is 2. The molecule has 0 amide bonds. The van der Waals surface area contributed by atoms with E-state index < -0.39 is 0 Å². The first kappa shape index (κ1) is 6.45. The van der Waals surface area contributed by atoms with Crippen LogP contribution in [0.2, 0.25) is 0 Å². The maximum absolute atomic E-state index is 4.94. The molecule has 0 rings (SSSR count). The van der Waals surface area contributed by atoms with Crippen molar-refractivity contribution in [1.82, 2.24) is 0 Å². The minimum absolute atomic E-state index is 0.315. The first-order chi connectivity index (χ1) is 2.81. The van der Waals surface area contributed by atoms with Crippen LogP contribution in [0.15, 0.2) is 0 Å². The zero-order valence-corrected chi connectivity index (χ0v) is 4.75. The fraction of sp³-hybridized carbons (Fsp3) is 0. The summed E-state index contributed by atoms with van der Waals surface area (Å²) in [7, 11) is 0. The third-order valence-corrected chi connectivity index (χ3v) is 0.994. The van der Waals surface area contributed by atoms with E-state index >= 15 is 0 Å². The zero-order valence-electron chi connectivity index (χ0n) is 2.96. The summed E-state index contributed by atoms with van der Waals surface area (Å²) in [6.07, 6.45) is 0.